The van der Waals surface area contributed by atoms with E-state index in [1.807, 2.05) is 11.3 Å². The van der Waals surface area contributed by atoms with Crippen molar-refractivity contribution in [3.8, 4) is 17.1 Å². The molecule has 13 rings (SSSR count). The van der Waals surface area contributed by atoms with Gasteiger partial charge in [-0.15, -0.1) is 11.3 Å². The molecule has 0 saturated carbocycles. The average molecular weight is 691 g/mol. The molecule has 5 heterocycles. The van der Waals surface area contributed by atoms with Crippen LogP contribution >= 0.6 is 11.3 Å². The van der Waals surface area contributed by atoms with Crippen LogP contribution in [0, 0.1) is 0 Å². The van der Waals surface area contributed by atoms with E-state index in [-0.39, 0.29) is 0 Å². The van der Waals surface area contributed by atoms with Gasteiger partial charge >= 0.3 is 0 Å². The van der Waals surface area contributed by atoms with Gasteiger partial charge in [-0.3, -0.25) is 4.57 Å². The Morgan fingerprint density at radius 1 is 0.396 bits per heavy atom. The summed E-state index contributed by atoms with van der Waals surface area (Å²) >= 11 is 1.83. The van der Waals surface area contributed by atoms with Gasteiger partial charge in [0.05, 0.1) is 38.6 Å². The highest BCUT2D eigenvalue weighted by Gasteiger charge is 2.28. The van der Waals surface area contributed by atoms with Crippen LogP contribution in [0.1, 0.15) is 0 Å². The van der Waals surface area contributed by atoms with Gasteiger partial charge in [0.15, 0.2) is 5.82 Å². The summed E-state index contributed by atoms with van der Waals surface area (Å²) < 4.78 is 7.46. The SMILES string of the molecule is c1ccc2nc(-n3c4ccccc4c4c5ccccc5c5c6cccc7c8ccccc8n(c76)c5c43)c(-c3cccc4c3sc3ccccc34)nc2c1. The number of para-hydroxylation sites is 5. The second-order valence-electron chi connectivity index (χ2n) is 14.1. The number of nitrogens with zero attached hydrogens (tertiary/aromatic N) is 4. The smallest absolute Gasteiger partial charge is 0.165 e. The highest BCUT2D eigenvalue weighted by molar-refractivity contribution is 7.26. The van der Waals surface area contributed by atoms with E-state index in [0.29, 0.717) is 0 Å². The number of rotatable bonds is 2. The Balaban J connectivity index is 1.32. The number of hydrogen-bond acceptors (Lipinski definition) is 3. The molecule has 244 valence electrons. The lowest BCUT2D eigenvalue weighted by Gasteiger charge is -2.15. The minimum Gasteiger partial charge on any atom is -0.306 e. The number of benzene rings is 8. The summed E-state index contributed by atoms with van der Waals surface area (Å²) in [6.45, 7) is 0. The van der Waals surface area contributed by atoms with Gasteiger partial charge in [0.2, 0.25) is 0 Å². The molecule has 0 aliphatic carbocycles. The van der Waals surface area contributed by atoms with E-state index < -0.39 is 0 Å². The van der Waals surface area contributed by atoms with Gasteiger partial charge in [0, 0.05) is 58.1 Å². The molecule has 0 aliphatic heterocycles. The monoisotopic (exact) mass is 690 g/mol. The van der Waals surface area contributed by atoms with E-state index >= 15 is 0 Å². The van der Waals surface area contributed by atoms with Gasteiger partial charge in [-0.25, -0.2) is 9.97 Å². The van der Waals surface area contributed by atoms with Crippen molar-refractivity contribution in [3.63, 3.8) is 0 Å². The maximum absolute atomic E-state index is 5.60. The van der Waals surface area contributed by atoms with Crippen LogP contribution < -0.4 is 0 Å². The number of aromatic nitrogens is 4. The Bertz CT molecular complexity index is 3690. The fourth-order valence-corrected chi connectivity index (χ4v) is 10.5. The third kappa shape index (κ3) is 3.45. The van der Waals surface area contributed by atoms with Crippen molar-refractivity contribution in [2.24, 2.45) is 0 Å². The van der Waals surface area contributed by atoms with Gasteiger partial charge in [-0.05, 0) is 41.1 Å². The van der Waals surface area contributed by atoms with Crippen molar-refractivity contribution >= 4 is 113 Å². The fraction of sp³-hybridized carbons (Fsp3) is 0. The molecule has 5 heteroatoms. The van der Waals surface area contributed by atoms with Crippen molar-refractivity contribution in [2.45, 2.75) is 0 Å². The minimum atomic E-state index is 0.834. The maximum atomic E-state index is 5.60. The lowest BCUT2D eigenvalue weighted by molar-refractivity contribution is 1.08. The Kier molecular flexibility index (Phi) is 5.22. The van der Waals surface area contributed by atoms with Crippen molar-refractivity contribution < 1.29 is 0 Å². The molecular formula is C48H26N4S. The molecule has 5 aromatic heterocycles. The lowest BCUT2D eigenvalue weighted by atomic mass is 9.98. The van der Waals surface area contributed by atoms with E-state index in [1.54, 1.807) is 0 Å². The molecule has 0 N–H and O–H groups in total. The number of hydrogen-bond donors (Lipinski definition) is 0. The summed E-state index contributed by atoms with van der Waals surface area (Å²) in [6, 6.07) is 57.1. The third-order valence-corrected chi connectivity index (χ3v) is 12.6. The van der Waals surface area contributed by atoms with Crippen molar-refractivity contribution in [1.82, 2.24) is 18.9 Å². The molecule has 4 nitrogen and oxygen atoms in total. The van der Waals surface area contributed by atoms with Gasteiger partial charge in [0.25, 0.3) is 0 Å². The van der Waals surface area contributed by atoms with Crippen molar-refractivity contribution in [3.05, 3.63) is 158 Å². The largest absolute Gasteiger partial charge is 0.306 e. The normalized spacial score (nSPS) is 12.5. The Morgan fingerprint density at radius 2 is 0.981 bits per heavy atom. The average Bonchev–Trinajstić information content (AvgIpc) is 3.96. The molecule has 0 spiro atoms. The zero-order valence-corrected chi connectivity index (χ0v) is 29.0. The summed E-state index contributed by atoms with van der Waals surface area (Å²) in [5.41, 5.74) is 9.65. The highest BCUT2D eigenvalue weighted by atomic mass is 32.1. The molecule has 0 radical (unpaired) electrons. The third-order valence-electron chi connectivity index (χ3n) is 11.4. The molecule has 0 saturated heterocycles. The Morgan fingerprint density at radius 3 is 1.81 bits per heavy atom. The maximum Gasteiger partial charge on any atom is 0.165 e. The Hall–Kier alpha value is -6.82. The van der Waals surface area contributed by atoms with Crippen molar-refractivity contribution in [1.29, 1.82) is 0 Å². The molecule has 0 aliphatic rings. The van der Waals surface area contributed by atoms with Crippen molar-refractivity contribution in [2.75, 3.05) is 0 Å². The first-order chi connectivity index (χ1) is 26.3. The van der Waals surface area contributed by atoms with Gasteiger partial charge in [-0.1, -0.05) is 127 Å². The van der Waals surface area contributed by atoms with Crippen LogP contribution in [0.4, 0.5) is 0 Å². The van der Waals surface area contributed by atoms with E-state index in [9.17, 15) is 0 Å². The topological polar surface area (TPSA) is 35.1 Å². The molecule has 0 atom stereocenters. The lowest BCUT2D eigenvalue weighted by Crippen LogP contribution is -2.04. The molecule has 13 aromatic rings. The van der Waals surface area contributed by atoms with Gasteiger partial charge in [0.1, 0.15) is 5.69 Å². The molecule has 8 aromatic carbocycles. The van der Waals surface area contributed by atoms with E-state index in [1.165, 1.54) is 79.8 Å². The zero-order chi connectivity index (χ0) is 34.4. The second kappa shape index (κ2) is 9.94. The predicted molar refractivity (Wildman–Crippen MR) is 224 cm³/mol. The van der Waals surface area contributed by atoms with Crippen LogP contribution in [-0.4, -0.2) is 18.9 Å². The predicted octanol–water partition coefficient (Wildman–Crippen LogP) is 13.1. The standard InChI is InChI=1S/C48H26N4S/c1-2-16-30-29(15-1)41-33-17-4-9-25-39(33)52(46(41)45-42(30)34-20-11-18-31-27-13-3-8-24-38(27)51(45)44(31)34)48-43(49-36-22-6-7-23-37(36)50-48)35-21-12-19-32-28-14-5-10-26-40(28)53-47(32)35/h1-26H. The number of thiophene rings is 1. The van der Waals surface area contributed by atoms with Gasteiger partial charge < -0.3 is 4.40 Å². The van der Waals surface area contributed by atoms with Crippen LogP contribution in [0.25, 0.3) is 119 Å². The van der Waals surface area contributed by atoms with E-state index in [2.05, 4.69) is 167 Å². The molecule has 0 bridgehead atoms. The van der Waals surface area contributed by atoms with Crippen LogP contribution in [0.5, 0.6) is 0 Å². The number of fused-ring (bicyclic) bond motifs is 17. The fourth-order valence-electron chi connectivity index (χ4n) is 9.33. The first-order valence-electron chi connectivity index (χ1n) is 18.0. The van der Waals surface area contributed by atoms with E-state index in [4.69, 9.17) is 9.97 Å². The van der Waals surface area contributed by atoms with Gasteiger partial charge in [-0.2, -0.15) is 0 Å². The second-order valence-corrected chi connectivity index (χ2v) is 15.1. The van der Waals surface area contributed by atoms with Crippen LogP contribution in [0.3, 0.4) is 0 Å². The van der Waals surface area contributed by atoms with Crippen LogP contribution in [-0.2, 0) is 0 Å². The molecule has 0 fully saturated rings. The van der Waals surface area contributed by atoms with Crippen LogP contribution in [0.15, 0.2) is 158 Å². The molecule has 0 unspecified atom stereocenters. The summed E-state index contributed by atoms with van der Waals surface area (Å²) in [6.07, 6.45) is 0. The van der Waals surface area contributed by atoms with Crippen LogP contribution in [0.2, 0.25) is 0 Å². The first-order valence-corrected chi connectivity index (χ1v) is 18.8. The summed E-state index contributed by atoms with van der Waals surface area (Å²) in [7, 11) is 0. The van der Waals surface area contributed by atoms with E-state index in [0.717, 1.165) is 39.1 Å². The summed E-state index contributed by atoms with van der Waals surface area (Å²) in [5, 5.41) is 12.5. The quantitative estimate of drug-likeness (QED) is 0.181. The molecule has 53 heavy (non-hydrogen) atoms. The Labute approximate surface area is 305 Å². The molecule has 0 amide bonds. The first kappa shape index (κ1) is 27.8. The summed E-state index contributed by atoms with van der Waals surface area (Å²) in [4.78, 5) is 11.1. The highest BCUT2D eigenvalue weighted by Crippen LogP contribution is 2.49. The zero-order valence-electron chi connectivity index (χ0n) is 28.2. The molecular weight excluding hydrogens is 665 g/mol. The summed E-state index contributed by atoms with van der Waals surface area (Å²) in [5.74, 6) is 0.834. The minimum absolute atomic E-state index is 0.834.